The molecule has 1 aliphatic heterocycles. The molecule has 1 heterocycles. The number of ether oxygens (including phenoxy) is 1. The Morgan fingerprint density at radius 1 is 1.52 bits per heavy atom. The van der Waals surface area contributed by atoms with Crippen molar-refractivity contribution in [2.75, 3.05) is 38.6 Å². The van der Waals surface area contributed by atoms with Gasteiger partial charge in [0.05, 0.1) is 24.2 Å². The highest BCUT2D eigenvalue weighted by molar-refractivity contribution is 7.89. The van der Waals surface area contributed by atoms with Crippen LogP contribution in [-0.2, 0) is 14.8 Å². The minimum Gasteiger partial charge on any atom is -0.495 e. The van der Waals surface area contributed by atoms with Gasteiger partial charge in [0.25, 0.3) is 0 Å². The van der Waals surface area contributed by atoms with Crippen LogP contribution in [0.3, 0.4) is 0 Å². The molecule has 0 radical (unpaired) electrons. The van der Waals surface area contributed by atoms with Crippen LogP contribution in [0.4, 0.5) is 5.69 Å². The number of piperazine rings is 1. The van der Waals surface area contributed by atoms with Crippen LogP contribution in [0.15, 0.2) is 23.1 Å². The number of rotatable bonds is 5. The number of methoxy groups -OCH3 is 1. The second kappa shape index (κ2) is 7.26. The largest absolute Gasteiger partial charge is 0.495 e. The summed E-state index contributed by atoms with van der Waals surface area (Å²) in [5.41, 5.74) is 0.284. The number of hydrogen-bond donors (Lipinski definition) is 3. The van der Waals surface area contributed by atoms with Crippen LogP contribution in [0.1, 0.15) is 6.92 Å². The quantitative estimate of drug-likeness (QED) is 0.669. The molecule has 0 bridgehead atoms. The molecule has 1 amide bonds. The SMILES string of the molecule is COc1ccc(S(N)(=O)=O)cc1NC(=O)CN1CCNC[C@@H]1C. The molecule has 4 N–H and O–H groups in total. The zero-order valence-electron chi connectivity index (χ0n) is 13.2. The maximum absolute atomic E-state index is 12.2. The van der Waals surface area contributed by atoms with Gasteiger partial charge < -0.3 is 15.4 Å². The van der Waals surface area contributed by atoms with Gasteiger partial charge in [0, 0.05) is 25.7 Å². The summed E-state index contributed by atoms with van der Waals surface area (Å²) in [6.45, 7) is 4.72. The second-order valence-electron chi connectivity index (χ2n) is 5.48. The van der Waals surface area contributed by atoms with E-state index in [2.05, 4.69) is 15.5 Å². The first-order valence-corrected chi connectivity index (χ1v) is 8.81. The van der Waals surface area contributed by atoms with Crippen LogP contribution >= 0.6 is 0 Å². The number of benzene rings is 1. The maximum atomic E-state index is 12.2. The standard InChI is InChI=1S/C14H22N4O4S/c1-10-8-16-5-6-18(10)9-14(19)17-12-7-11(23(15,20)21)3-4-13(12)22-2/h3-4,7,10,16H,5-6,8-9H2,1-2H3,(H,17,19)(H2,15,20,21)/t10-/m0/s1. The summed E-state index contributed by atoms with van der Waals surface area (Å²) in [7, 11) is -2.40. The average Bonchev–Trinajstić information content (AvgIpc) is 2.48. The van der Waals surface area contributed by atoms with Gasteiger partial charge in [-0.05, 0) is 25.1 Å². The van der Waals surface area contributed by atoms with Gasteiger partial charge in [0.2, 0.25) is 15.9 Å². The van der Waals surface area contributed by atoms with E-state index in [0.717, 1.165) is 19.6 Å². The van der Waals surface area contributed by atoms with E-state index in [0.29, 0.717) is 5.75 Å². The molecule has 0 aliphatic carbocycles. The lowest BCUT2D eigenvalue weighted by molar-refractivity contribution is -0.118. The van der Waals surface area contributed by atoms with E-state index < -0.39 is 10.0 Å². The monoisotopic (exact) mass is 342 g/mol. The Bertz CT molecular complexity index is 677. The molecule has 1 aromatic carbocycles. The van der Waals surface area contributed by atoms with Gasteiger partial charge in [-0.1, -0.05) is 0 Å². The van der Waals surface area contributed by atoms with Crippen molar-refractivity contribution in [3.63, 3.8) is 0 Å². The molecule has 1 saturated heterocycles. The molecule has 128 valence electrons. The summed E-state index contributed by atoms with van der Waals surface area (Å²) in [6.07, 6.45) is 0. The molecule has 9 heteroatoms. The van der Waals surface area contributed by atoms with E-state index in [1.807, 2.05) is 6.92 Å². The Morgan fingerprint density at radius 3 is 2.87 bits per heavy atom. The van der Waals surface area contributed by atoms with Crippen LogP contribution in [0, 0.1) is 0 Å². The number of carbonyl (C=O) groups excluding carboxylic acids is 1. The van der Waals surface area contributed by atoms with Gasteiger partial charge in [0.1, 0.15) is 5.75 Å². The number of anilines is 1. The van der Waals surface area contributed by atoms with Crippen molar-refractivity contribution >= 4 is 21.6 Å². The van der Waals surface area contributed by atoms with Crippen LogP contribution in [-0.4, -0.2) is 58.6 Å². The number of amides is 1. The predicted octanol–water partition coefficient (Wildman–Crippen LogP) is -0.425. The van der Waals surface area contributed by atoms with E-state index in [1.165, 1.54) is 25.3 Å². The minimum absolute atomic E-state index is 0.0795. The molecule has 1 fully saturated rings. The van der Waals surface area contributed by atoms with E-state index in [4.69, 9.17) is 9.88 Å². The summed E-state index contributed by atoms with van der Waals surface area (Å²) < 4.78 is 28.0. The summed E-state index contributed by atoms with van der Waals surface area (Å²) in [4.78, 5) is 14.2. The zero-order chi connectivity index (χ0) is 17.0. The number of nitrogens with zero attached hydrogens (tertiary/aromatic N) is 1. The number of primary sulfonamides is 1. The Labute approximate surface area is 136 Å². The average molecular weight is 342 g/mol. The normalized spacial score (nSPS) is 19.3. The van der Waals surface area contributed by atoms with Gasteiger partial charge in [0.15, 0.2) is 0 Å². The summed E-state index contributed by atoms with van der Waals surface area (Å²) in [6, 6.07) is 4.35. The van der Waals surface area contributed by atoms with Gasteiger partial charge in [-0.25, -0.2) is 13.6 Å². The molecule has 0 unspecified atom stereocenters. The van der Waals surface area contributed by atoms with E-state index >= 15 is 0 Å². The first kappa shape index (κ1) is 17.7. The molecular formula is C14H22N4O4S. The van der Waals surface area contributed by atoms with Gasteiger partial charge in [-0.3, -0.25) is 9.69 Å². The van der Waals surface area contributed by atoms with Crippen molar-refractivity contribution in [2.24, 2.45) is 5.14 Å². The lowest BCUT2D eigenvalue weighted by Crippen LogP contribution is -2.52. The Balaban J connectivity index is 2.13. The van der Waals surface area contributed by atoms with Crippen molar-refractivity contribution in [1.29, 1.82) is 0 Å². The van der Waals surface area contributed by atoms with E-state index in [1.54, 1.807) is 0 Å². The van der Waals surface area contributed by atoms with Crippen molar-refractivity contribution < 1.29 is 17.9 Å². The molecular weight excluding hydrogens is 320 g/mol. The highest BCUT2D eigenvalue weighted by Gasteiger charge is 2.21. The van der Waals surface area contributed by atoms with Crippen molar-refractivity contribution in [3.8, 4) is 5.75 Å². The summed E-state index contributed by atoms with van der Waals surface area (Å²) >= 11 is 0. The number of nitrogens with two attached hydrogens (primary N) is 1. The lowest BCUT2D eigenvalue weighted by atomic mass is 10.2. The lowest BCUT2D eigenvalue weighted by Gasteiger charge is -2.33. The molecule has 1 aliphatic rings. The molecule has 0 spiro atoms. The highest BCUT2D eigenvalue weighted by Crippen LogP contribution is 2.27. The fourth-order valence-corrected chi connectivity index (χ4v) is 2.99. The topological polar surface area (TPSA) is 114 Å². The second-order valence-corrected chi connectivity index (χ2v) is 7.04. The summed E-state index contributed by atoms with van der Waals surface area (Å²) in [5, 5.41) is 11.1. The number of nitrogens with one attached hydrogen (secondary N) is 2. The Kier molecular flexibility index (Phi) is 5.58. The third-order valence-electron chi connectivity index (χ3n) is 3.76. The molecule has 8 nitrogen and oxygen atoms in total. The first-order valence-electron chi connectivity index (χ1n) is 7.26. The van der Waals surface area contributed by atoms with E-state index in [-0.39, 0.29) is 29.1 Å². The predicted molar refractivity (Wildman–Crippen MR) is 86.9 cm³/mol. The first-order chi connectivity index (χ1) is 10.8. The minimum atomic E-state index is -3.85. The molecule has 2 rings (SSSR count). The highest BCUT2D eigenvalue weighted by atomic mass is 32.2. The van der Waals surface area contributed by atoms with Crippen LogP contribution in [0.5, 0.6) is 5.75 Å². The zero-order valence-corrected chi connectivity index (χ0v) is 14.0. The van der Waals surface area contributed by atoms with Crippen LogP contribution < -0.4 is 20.5 Å². The Hall–Kier alpha value is -1.68. The van der Waals surface area contributed by atoms with Crippen LogP contribution in [0.2, 0.25) is 0 Å². The van der Waals surface area contributed by atoms with Crippen molar-refractivity contribution in [1.82, 2.24) is 10.2 Å². The van der Waals surface area contributed by atoms with Crippen LogP contribution in [0.25, 0.3) is 0 Å². The Morgan fingerprint density at radius 2 is 2.26 bits per heavy atom. The smallest absolute Gasteiger partial charge is 0.238 e. The molecule has 0 aromatic heterocycles. The fourth-order valence-electron chi connectivity index (χ4n) is 2.45. The maximum Gasteiger partial charge on any atom is 0.238 e. The number of sulfonamides is 1. The molecule has 1 atom stereocenters. The van der Waals surface area contributed by atoms with Gasteiger partial charge in [-0.15, -0.1) is 0 Å². The molecule has 0 saturated carbocycles. The van der Waals surface area contributed by atoms with Crippen molar-refractivity contribution in [2.45, 2.75) is 17.9 Å². The van der Waals surface area contributed by atoms with Gasteiger partial charge in [-0.2, -0.15) is 0 Å². The van der Waals surface area contributed by atoms with Gasteiger partial charge >= 0.3 is 0 Å². The third kappa shape index (κ3) is 4.64. The van der Waals surface area contributed by atoms with E-state index in [9.17, 15) is 13.2 Å². The third-order valence-corrected chi connectivity index (χ3v) is 4.67. The molecule has 23 heavy (non-hydrogen) atoms. The van der Waals surface area contributed by atoms with Crippen molar-refractivity contribution in [3.05, 3.63) is 18.2 Å². The summed E-state index contributed by atoms with van der Waals surface area (Å²) in [5.74, 6) is 0.141. The number of carbonyl (C=O) groups is 1. The molecule has 1 aromatic rings. The number of hydrogen-bond acceptors (Lipinski definition) is 6. The fraction of sp³-hybridized carbons (Fsp3) is 0.500.